The molecule has 196 valence electrons. The lowest BCUT2D eigenvalue weighted by molar-refractivity contribution is -0.145. The molecule has 10 heteroatoms. The lowest BCUT2D eigenvalue weighted by Gasteiger charge is -2.44. The number of nitrogens with one attached hydrogen (secondary N) is 2. The van der Waals surface area contributed by atoms with Crippen LogP contribution in [0.3, 0.4) is 0 Å². The summed E-state index contributed by atoms with van der Waals surface area (Å²) in [7, 11) is 0. The van der Waals surface area contributed by atoms with Gasteiger partial charge in [0.1, 0.15) is 30.1 Å². The number of fused-ring (bicyclic) bond motifs is 4. The molecule has 0 amide bonds. The van der Waals surface area contributed by atoms with Crippen molar-refractivity contribution in [2.75, 3.05) is 12.0 Å². The molecule has 2 fully saturated rings. The van der Waals surface area contributed by atoms with Gasteiger partial charge in [0.15, 0.2) is 5.82 Å². The zero-order chi connectivity index (χ0) is 25.9. The standard InChI is InChI=1S/C27H30F3N5O2/c1-27-20(11-16(29)12-21(27)30)19(13-31-27)24-33-23(17-5-7-35(8-6-28)25(17)34-24)32-22-15-4-2-3-14(9-15)10-18(22)26(36)37/h5,7,11-15,18,21-22,31H,2-4,6,8-10H2,1H3,(H,36,37)(H,32,33,34). The molecule has 2 saturated carbocycles. The molecule has 0 spiro atoms. The number of rotatable bonds is 6. The van der Waals surface area contributed by atoms with Crippen molar-refractivity contribution < 1.29 is 23.1 Å². The minimum atomic E-state index is -1.59. The number of carboxylic acids is 1. The van der Waals surface area contributed by atoms with Gasteiger partial charge < -0.3 is 20.3 Å². The normalized spacial score (nSPS) is 32.8. The Morgan fingerprint density at radius 2 is 2.16 bits per heavy atom. The number of hydrogen-bond donors (Lipinski definition) is 3. The lowest BCUT2D eigenvalue weighted by Crippen LogP contribution is -2.47. The summed E-state index contributed by atoms with van der Waals surface area (Å²) in [6.45, 7) is 1.15. The van der Waals surface area contributed by atoms with E-state index in [1.54, 1.807) is 30.0 Å². The van der Waals surface area contributed by atoms with E-state index in [1.807, 2.05) is 0 Å². The Kier molecular flexibility index (Phi) is 5.80. The first-order chi connectivity index (χ1) is 17.8. The Balaban J connectivity index is 1.45. The number of carbonyl (C=O) groups is 1. The Labute approximate surface area is 212 Å². The highest BCUT2D eigenvalue weighted by molar-refractivity contribution is 5.91. The summed E-state index contributed by atoms with van der Waals surface area (Å²) in [5.74, 6) is -0.720. The van der Waals surface area contributed by atoms with Crippen LogP contribution >= 0.6 is 0 Å². The summed E-state index contributed by atoms with van der Waals surface area (Å²) in [6.07, 6.45) is 8.64. The molecule has 7 nitrogen and oxygen atoms in total. The number of allylic oxidation sites excluding steroid dienone is 2. The van der Waals surface area contributed by atoms with E-state index in [4.69, 9.17) is 9.97 Å². The predicted octanol–water partition coefficient (Wildman–Crippen LogP) is 4.93. The van der Waals surface area contributed by atoms with E-state index in [0.717, 1.165) is 31.8 Å². The molecule has 2 bridgehead atoms. The van der Waals surface area contributed by atoms with Gasteiger partial charge in [0, 0.05) is 24.0 Å². The van der Waals surface area contributed by atoms with Gasteiger partial charge in [0.05, 0.1) is 23.4 Å². The highest BCUT2D eigenvalue weighted by atomic mass is 19.1. The van der Waals surface area contributed by atoms with Crippen LogP contribution in [0.4, 0.5) is 19.0 Å². The SMILES string of the molecule is CC12NC=C(c3nc(NC4C5CCCC(C5)CC4C(=O)O)c4ccn(CCF)c4n3)C1=CC(F)=CC2F. The Morgan fingerprint density at radius 3 is 2.95 bits per heavy atom. The van der Waals surface area contributed by atoms with E-state index in [0.29, 0.717) is 40.3 Å². The molecule has 3 N–H and O–H groups in total. The fraction of sp³-hybridized carbons (Fsp3) is 0.519. The molecule has 0 aromatic carbocycles. The summed E-state index contributed by atoms with van der Waals surface area (Å²) >= 11 is 0. The van der Waals surface area contributed by atoms with Crippen LogP contribution in [0.2, 0.25) is 0 Å². The Bertz CT molecular complexity index is 1350. The second-order valence-corrected chi connectivity index (χ2v) is 10.9. The number of halogens is 3. The molecule has 0 saturated heterocycles. The molecule has 6 unspecified atom stereocenters. The number of aliphatic carboxylic acids is 1. The highest BCUT2D eigenvalue weighted by Gasteiger charge is 2.46. The van der Waals surface area contributed by atoms with Crippen LogP contribution in [-0.2, 0) is 11.3 Å². The van der Waals surface area contributed by atoms with E-state index in [1.165, 1.54) is 6.08 Å². The molecule has 2 aromatic heterocycles. The van der Waals surface area contributed by atoms with Crippen LogP contribution in [0.25, 0.3) is 16.6 Å². The van der Waals surface area contributed by atoms with Crippen molar-refractivity contribution in [2.24, 2.45) is 17.8 Å². The number of anilines is 1. The minimum Gasteiger partial charge on any atom is -0.481 e. The number of aromatic nitrogens is 3. The fourth-order valence-electron chi connectivity index (χ4n) is 6.70. The highest BCUT2D eigenvalue weighted by Crippen LogP contribution is 2.45. The van der Waals surface area contributed by atoms with Gasteiger partial charge in [-0.2, -0.15) is 0 Å². The van der Waals surface area contributed by atoms with E-state index >= 15 is 0 Å². The third-order valence-electron chi connectivity index (χ3n) is 8.66. The molecule has 4 aliphatic rings. The monoisotopic (exact) mass is 513 g/mol. The average molecular weight is 514 g/mol. The van der Waals surface area contributed by atoms with Crippen LogP contribution in [0.15, 0.2) is 42.0 Å². The van der Waals surface area contributed by atoms with Crippen LogP contribution in [0.5, 0.6) is 0 Å². The van der Waals surface area contributed by atoms with Crippen molar-refractivity contribution in [3.05, 3.63) is 47.8 Å². The number of hydrogen-bond acceptors (Lipinski definition) is 5. The number of alkyl halides is 2. The first-order valence-electron chi connectivity index (χ1n) is 12.9. The molecular formula is C27H30F3N5O2. The lowest BCUT2D eigenvalue weighted by atomic mass is 9.65. The maximum Gasteiger partial charge on any atom is 0.308 e. The van der Waals surface area contributed by atoms with Crippen molar-refractivity contribution in [1.29, 1.82) is 0 Å². The predicted molar refractivity (Wildman–Crippen MR) is 134 cm³/mol. The molecule has 1 aliphatic heterocycles. The van der Waals surface area contributed by atoms with Crippen molar-refractivity contribution in [3.63, 3.8) is 0 Å². The largest absolute Gasteiger partial charge is 0.481 e. The van der Waals surface area contributed by atoms with Crippen LogP contribution in [0.1, 0.15) is 44.9 Å². The number of nitrogens with zero attached hydrogens (tertiary/aromatic N) is 3. The van der Waals surface area contributed by atoms with Gasteiger partial charge in [-0.3, -0.25) is 4.79 Å². The summed E-state index contributed by atoms with van der Waals surface area (Å²) < 4.78 is 44.1. The Hall–Kier alpha value is -3.30. The van der Waals surface area contributed by atoms with E-state index in [9.17, 15) is 23.1 Å². The van der Waals surface area contributed by atoms with Gasteiger partial charge in [-0.05, 0) is 61.8 Å². The molecule has 3 heterocycles. The van der Waals surface area contributed by atoms with Crippen LogP contribution in [-0.4, -0.2) is 50.0 Å². The van der Waals surface area contributed by atoms with Crippen molar-refractivity contribution in [2.45, 2.75) is 63.3 Å². The second kappa shape index (κ2) is 8.92. The zero-order valence-electron chi connectivity index (χ0n) is 20.6. The molecule has 37 heavy (non-hydrogen) atoms. The smallest absolute Gasteiger partial charge is 0.308 e. The maximum absolute atomic E-state index is 14.8. The van der Waals surface area contributed by atoms with Crippen molar-refractivity contribution in [3.8, 4) is 0 Å². The number of aryl methyl sites for hydroxylation is 1. The van der Waals surface area contributed by atoms with E-state index in [-0.39, 0.29) is 24.3 Å². The Morgan fingerprint density at radius 1 is 1.32 bits per heavy atom. The summed E-state index contributed by atoms with van der Waals surface area (Å²) in [4.78, 5) is 21.7. The van der Waals surface area contributed by atoms with Crippen molar-refractivity contribution >= 4 is 28.4 Å². The zero-order valence-corrected chi connectivity index (χ0v) is 20.6. The molecule has 6 atom stereocenters. The van der Waals surface area contributed by atoms with Gasteiger partial charge in [-0.1, -0.05) is 12.8 Å². The van der Waals surface area contributed by atoms with Gasteiger partial charge in [0.25, 0.3) is 0 Å². The molecule has 2 aromatic rings. The quantitative estimate of drug-likeness (QED) is 0.508. The minimum absolute atomic E-state index is 0.0898. The van der Waals surface area contributed by atoms with E-state index in [2.05, 4.69) is 10.6 Å². The summed E-state index contributed by atoms with van der Waals surface area (Å²) in [6, 6.07) is 1.49. The van der Waals surface area contributed by atoms with Gasteiger partial charge in [0.2, 0.25) is 0 Å². The van der Waals surface area contributed by atoms with Gasteiger partial charge in [-0.15, -0.1) is 0 Å². The fourth-order valence-corrected chi connectivity index (χ4v) is 6.70. The summed E-state index contributed by atoms with van der Waals surface area (Å²) in [5, 5.41) is 17.2. The molecule has 3 aliphatic carbocycles. The third-order valence-corrected chi connectivity index (χ3v) is 8.66. The van der Waals surface area contributed by atoms with Crippen LogP contribution in [0, 0.1) is 17.8 Å². The number of carboxylic acid groups (broad SMARTS) is 1. The molecular weight excluding hydrogens is 483 g/mol. The third kappa shape index (κ3) is 3.92. The van der Waals surface area contributed by atoms with Gasteiger partial charge in [-0.25, -0.2) is 23.1 Å². The van der Waals surface area contributed by atoms with Gasteiger partial charge >= 0.3 is 5.97 Å². The van der Waals surface area contributed by atoms with E-state index < -0.39 is 36.1 Å². The second-order valence-electron chi connectivity index (χ2n) is 10.9. The van der Waals surface area contributed by atoms with Crippen molar-refractivity contribution in [1.82, 2.24) is 19.9 Å². The maximum atomic E-state index is 14.8. The molecule has 6 rings (SSSR count). The molecule has 0 radical (unpaired) electrons. The average Bonchev–Trinajstić information content (AvgIpc) is 3.43. The first-order valence-corrected chi connectivity index (χ1v) is 12.9. The first kappa shape index (κ1) is 24.1. The topological polar surface area (TPSA) is 92.1 Å². The summed E-state index contributed by atoms with van der Waals surface area (Å²) in [5.41, 5.74) is 0.160. The van der Waals surface area contributed by atoms with Crippen LogP contribution < -0.4 is 10.6 Å².